The molecule has 0 aliphatic heterocycles. The van der Waals surface area contributed by atoms with Gasteiger partial charge in [0.2, 0.25) is 0 Å². The minimum Gasteiger partial charge on any atom is -0.489 e. The number of hydrogen-bond acceptors (Lipinski definition) is 6. The van der Waals surface area contributed by atoms with E-state index in [-0.39, 0.29) is 11.6 Å². The Bertz CT molecular complexity index is 1190. The average Bonchev–Trinajstić information content (AvgIpc) is 3.10. The lowest BCUT2D eigenvalue weighted by Crippen LogP contribution is -2.34. The van der Waals surface area contributed by atoms with Gasteiger partial charge in [-0.25, -0.2) is 9.78 Å². The molecule has 1 aromatic carbocycles. The Kier molecular flexibility index (Phi) is 5.35. The minimum absolute atomic E-state index is 0.278. The number of benzene rings is 1. The third-order valence-electron chi connectivity index (χ3n) is 4.40. The molecule has 1 atom stereocenters. The summed E-state index contributed by atoms with van der Waals surface area (Å²) in [6.45, 7) is 2.29. The molecule has 3 aromatic heterocycles. The Morgan fingerprint density at radius 2 is 1.97 bits per heavy atom. The van der Waals surface area contributed by atoms with E-state index in [1.807, 2.05) is 43.3 Å². The third-order valence-corrected chi connectivity index (χ3v) is 5.41. The van der Waals surface area contributed by atoms with Gasteiger partial charge in [-0.3, -0.25) is 9.78 Å². The van der Waals surface area contributed by atoms with Crippen molar-refractivity contribution in [3.63, 3.8) is 0 Å². The number of pyridine rings is 2. The van der Waals surface area contributed by atoms with Crippen molar-refractivity contribution >= 4 is 27.8 Å². The van der Waals surface area contributed by atoms with Crippen molar-refractivity contribution in [2.75, 3.05) is 0 Å². The number of ether oxygens (including phenoxy) is 1. The molecule has 3 heterocycles. The summed E-state index contributed by atoms with van der Waals surface area (Å²) in [4.78, 5) is 33.7. The molecule has 0 bridgehead atoms. The highest BCUT2D eigenvalue weighted by Gasteiger charge is 2.17. The van der Waals surface area contributed by atoms with Crippen LogP contribution in [-0.4, -0.2) is 20.0 Å². The first-order chi connectivity index (χ1) is 14.1. The van der Waals surface area contributed by atoms with Crippen molar-refractivity contribution < 1.29 is 9.53 Å². The van der Waals surface area contributed by atoms with Crippen LogP contribution in [0.2, 0.25) is 0 Å². The molecule has 8 heteroatoms. The topological polar surface area (TPSA) is 86.1 Å². The molecule has 0 aliphatic rings. The first kappa shape index (κ1) is 18.8. The van der Waals surface area contributed by atoms with Crippen LogP contribution < -0.4 is 15.6 Å². The molecule has 4 rings (SSSR count). The van der Waals surface area contributed by atoms with Crippen LogP contribution in [0.5, 0.6) is 5.75 Å². The number of aromatic nitrogens is 3. The van der Waals surface area contributed by atoms with Crippen molar-refractivity contribution in [3.8, 4) is 5.75 Å². The van der Waals surface area contributed by atoms with Crippen molar-refractivity contribution in [2.24, 2.45) is 0 Å². The molecule has 4 aromatic rings. The molecule has 0 fully saturated rings. The zero-order valence-corrected chi connectivity index (χ0v) is 16.4. The van der Waals surface area contributed by atoms with E-state index in [9.17, 15) is 9.59 Å². The molecule has 0 aliphatic carbocycles. The fourth-order valence-corrected chi connectivity index (χ4v) is 3.68. The lowest BCUT2D eigenvalue weighted by Gasteiger charge is -2.14. The van der Waals surface area contributed by atoms with Gasteiger partial charge in [-0.1, -0.05) is 18.2 Å². The van der Waals surface area contributed by atoms with E-state index >= 15 is 0 Å². The van der Waals surface area contributed by atoms with Crippen molar-refractivity contribution in [1.29, 1.82) is 0 Å². The Morgan fingerprint density at radius 1 is 1.17 bits per heavy atom. The minimum atomic E-state index is -0.470. The van der Waals surface area contributed by atoms with Crippen LogP contribution in [0.25, 0.3) is 10.2 Å². The second-order valence-corrected chi connectivity index (χ2v) is 7.37. The molecule has 7 nitrogen and oxygen atoms in total. The first-order valence-electron chi connectivity index (χ1n) is 9.01. The van der Waals surface area contributed by atoms with E-state index in [2.05, 4.69) is 15.3 Å². The normalized spacial score (nSPS) is 11.9. The summed E-state index contributed by atoms with van der Waals surface area (Å²) in [6, 6.07) is 13.9. The number of hydrogen-bond donors (Lipinski definition) is 1. The molecule has 1 unspecified atom stereocenters. The quantitative estimate of drug-likeness (QED) is 0.545. The molecule has 1 amide bonds. The smallest absolute Gasteiger partial charge is 0.338 e. The molecule has 146 valence electrons. The van der Waals surface area contributed by atoms with Crippen LogP contribution >= 0.6 is 11.5 Å². The SMILES string of the molecule is CC(NC(=O)n1sc2ncccc2c1=O)c1ccc(OCc2cccnc2)cc1. The van der Waals surface area contributed by atoms with Crippen LogP contribution in [0.4, 0.5) is 4.79 Å². The predicted molar refractivity (Wildman–Crippen MR) is 111 cm³/mol. The highest BCUT2D eigenvalue weighted by molar-refractivity contribution is 7.14. The van der Waals surface area contributed by atoms with Gasteiger partial charge in [0, 0.05) is 24.2 Å². The highest BCUT2D eigenvalue weighted by atomic mass is 32.1. The number of carbonyl (C=O) groups excluding carboxylic acids is 1. The second-order valence-electron chi connectivity index (χ2n) is 6.44. The standard InChI is InChI=1S/C21H18N4O3S/c1-14(24-21(27)25-20(26)18-5-3-11-23-19(18)29-25)16-6-8-17(9-7-16)28-13-15-4-2-10-22-12-15/h2-12,14H,13H2,1H3,(H,24,27). The zero-order valence-electron chi connectivity index (χ0n) is 15.6. The largest absolute Gasteiger partial charge is 0.489 e. The van der Waals surface area contributed by atoms with Gasteiger partial charge < -0.3 is 10.1 Å². The Hall–Kier alpha value is -3.52. The van der Waals surface area contributed by atoms with E-state index in [1.165, 1.54) is 0 Å². The van der Waals surface area contributed by atoms with Gasteiger partial charge in [0.1, 0.15) is 17.2 Å². The van der Waals surface area contributed by atoms with Crippen LogP contribution in [0.15, 0.2) is 71.9 Å². The predicted octanol–water partition coefficient (Wildman–Crippen LogP) is 3.75. The van der Waals surface area contributed by atoms with Crippen molar-refractivity contribution in [3.05, 3.63) is 88.6 Å². The summed E-state index contributed by atoms with van der Waals surface area (Å²) in [5.41, 5.74) is 1.53. The van der Waals surface area contributed by atoms with Crippen molar-refractivity contribution in [1.82, 2.24) is 19.2 Å². The zero-order chi connectivity index (χ0) is 20.2. The van der Waals surface area contributed by atoms with Gasteiger partial charge in [-0.15, -0.1) is 0 Å². The van der Waals surface area contributed by atoms with Gasteiger partial charge >= 0.3 is 6.03 Å². The number of fused-ring (bicyclic) bond motifs is 1. The fourth-order valence-electron chi connectivity index (χ4n) is 2.83. The molecular formula is C21H18N4O3S. The lowest BCUT2D eigenvalue weighted by molar-refractivity contribution is 0.241. The molecule has 0 radical (unpaired) electrons. The van der Waals surface area contributed by atoms with Crippen LogP contribution in [0.3, 0.4) is 0 Å². The summed E-state index contributed by atoms with van der Waals surface area (Å²) in [7, 11) is 0. The van der Waals surface area contributed by atoms with Gasteiger partial charge in [0.15, 0.2) is 0 Å². The average molecular weight is 406 g/mol. The van der Waals surface area contributed by atoms with E-state index in [0.29, 0.717) is 16.8 Å². The Labute approximate surface area is 170 Å². The summed E-state index contributed by atoms with van der Waals surface area (Å²) in [5, 5.41) is 3.29. The van der Waals surface area contributed by atoms with Crippen LogP contribution in [-0.2, 0) is 6.61 Å². The van der Waals surface area contributed by atoms with Crippen LogP contribution in [0.1, 0.15) is 24.1 Å². The second kappa shape index (κ2) is 8.24. The van der Waals surface area contributed by atoms with E-state index in [0.717, 1.165) is 32.4 Å². The number of amides is 1. The molecule has 0 saturated heterocycles. The molecule has 0 saturated carbocycles. The third kappa shape index (κ3) is 4.17. The number of rotatable bonds is 5. The summed E-state index contributed by atoms with van der Waals surface area (Å²) < 4.78 is 6.85. The number of nitrogens with zero attached hydrogens (tertiary/aromatic N) is 3. The number of nitrogens with one attached hydrogen (secondary N) is 1. The summed E-state index contributed by atoms with van der Waals surface area (Å²) in [6.07, 6.45) is 5.08. The molecule has 0 spiro atoms. The monoisotopic (exact) mass is 406 g/mol. The van der Waals surface area contributed by atoms with E-state index < -0.39 is 6.03 Å². The Morgan fingerprint density at radius 3 is 2.69 bits per heavy atom. The lowest BCUT2D eigenvalue weighted by atomic mass is 10.1. The van der Waals surface area contributed by atoms with Crippen molar-refractivity contribution in [2.45, 2.75) is 19.6 Å². The van der Waals surface area contributed by atoms with Gasteiger partial charge in [0.25, 0.3) is 5.56 Å². The maximum absolute atomic E-state index is 12.5. The first-order valence-corrected chi connectivity index (χ1v) is 9.79. The number of carbonyl (C=O) groups is 1. The van der Waals surface area contributed by atoms with Gasteiger partial charge in [0.05, 0.1) is 11.4 Å². The van der Waals surface area contributed by atoms with Gasteiger partial charge in [-0.2, -0.15) is 3.96 Å². The Balaban J connectivity index is 1.41. The van der Waals surface area contributed by atoms with E-state index in [4.69, 9.17) is 4.74 Å². The summed E-state index contributed by atoms with van der Waals surface area (Å²) >= 11 is 1.03. The molecular weight excluding hydrogens is 388 g/mol. The maximum Gasteiger partial charge on any atom is 0.338 e. The maximum atomic E-state index is 12.5. The fraction of sp³-hybridized carbons (Fsp3) is 0.143. The summed E-state index contributed by atoms with van der Waals surface area (Å²) in [5.74, 6) is 0.725. The highest BCUT2D eigenvalue weighted by Crippen LogP contribution is 2.19. The molecule has 29 heavy (non-hydrogen) atoms. The van der Waals surface area contributed by atoms with Gasteiger partial charge in [-0.05, 0) is 54.4 Å². The van der Waals surface area contributed by atoms with E-state index in [1.54, 1.807) is 30.7 Å². The molecule has 1 N–H and O–H groups in total. The van der Waals surface area contributed by atoms with Crippen LogP contribution in [0, 0.1) is 0 Å².